The van der Waals surface area contributed by atoms with Crippen LogP contribution in [0.15, 0.2) is 24.3 Å². The second-order valence-corrected chi connectivity index (χ2v) is 5.88. The molecule has 1 aromatic rings. The van der Waals surface area contributed by atoms with Crippen LogP contribution in [0.4, 0.5) is 0 Å². The van der Waals surface area contributed by atoms with Gasteiger partial charge in [0.2, 0.25) is 0 Å². The Balaban J connectivity index is 2.25. The standard InChI is InChI=1S/C16H22N2OS/c1-2-13-8-5-6-10-18(13)16(19)14-9-4-3-7-12(14)11-15(17)20/h3-4,7,9,13H,2,5-6,8,10-11H2,1H3,(H2,17,20). The molecule has 0 radical (unpaired) electrons. The molecule has 20 heavy (non-hydrogen) atoms. The second kappa shape index (κ2) is 6.84. The maximum Gasteiger partial charge on any atom is 0.254 e. The van der Waals surface area contributed by atoms with Crippen LogP contribution in [-0.4, -0.2) is 28.4 Å². The topological polar surface area (TPSA) is 46.3 Å². The van der Waals surface area contributed by atoms with Crippen LogP contribution in [-0.2, 0) is 6.42 Å². The summed E-state index contributed by atoms with van der Waals surface area (Å²) in [4.78, 5) is 15.3. The van der Waals surface area contributed by atoms with E-state index in [1.54, 1.807) is 0 Å². The summed E-state index contributed by atoms with van der Waals surface area (Å²) >= 11 is 4.98. The van der Waals surface area contributed by atoms with Crippen LogP contribution in [0.5, 0.6) is 0 Å². The smallest absolute Gasteiger partial charge is 0.254 e. The highest BCUT2D eigenvalue weighted by Crippen LogP contribution is 2.23. The lowest BCUT2D eigenvalue weighted by Crippen LogP contribution is -2.43. The molecule has 0 bridgehead atoms. The highest BCUT2D eigenvalue weighted by atomic mass is 32.1. The van der Waals surface area contributed by atoms with Crippen LogP contribution in [0.3, 0.4) is 0 Å². The lowest BCUT2D eigenvalue weighted by atomic mass is 9.97. The van der Waals surface area contributed by atoms with Crippen LogP contribution < -0.4 is 5.73 Å². The summed E-state index contributed by atoms with van der Waals surface area (Å²) in [5, 5.41) is 0. The predicted molar refractivity (Wildman–Crippen MR) is 85.9 cm³/mol. The number of thiocarbonyl (C=S) groups is 1. The molecular formula is C16H22N2OS. The number of amides is 1. The van der Waals surface area contributed by atoms with Gasteiger partial charge in [-0.15, -0.1) is 0 Å². The van der Waals surface area contributed by atoms with Gasteiger partial charge in [0.25, 0.3) is 5.91 Å². The Morgan fingerprint density at radius 2 is 2.15 bits per heavy atom. The lowest BCUT2D eigenvalue weighted by molar-refractivity contribution is 0.0607. The third-order valence-electron chi connectivity index (χ3n) is 3.97. The van der Waals surface area contributed by atoms with E-state index >= 15 is 0 Å². The van der Waals surface area contributed by atoms with Gasteiger partial charge in [0.15, 0.2) is 0 Å². The van der Waals surface area contributed by atoms with Gasteiger partial charge in [-0.2, -0.15) is 0 Å². The zero-order valence-electron chi connectivity index (χ0n) is 12.0. The van der Waals surface area contributed by atoms with Crippen molar-refractivity contribution in [2.45, 2.75) is 45.1 Å². The number of carbonyl (C=O) groups is 1. The molecule has 1 fully saturated rings. The molecule has 1 aliphatic rings. The molecule has 1 atom stereocenters. The van der Waals surface area contributed by atoms with E-state index in [1.165, 1.54) is 6.42 Å². The summed E-state index contributed by atoms with van der Waals surface area (Å²) in [6, 6.07) is 8.03. The van der Waals surface area contributed by atoms with Gasteiger partial charge in [0, 0.05) is 24.6 Å². The lowest BCUT2D eigenvalue weighted by Gasteiger charge is -2.35. The molecule has 0 aliphatic carbocycles. The molecular weight excluding hydrogens is 268 g/mol. The second-order valence-electron chi connectivity index (χ2n) is 5.36. The molecule has 2 N–H and O–H groups in total. The normalized spacial score (nSPS) is 18.9. The Labute approximate surface area is 126 Å². The van der Waals surface area contributed by atoms with Crippen LogP contribution in [0.25, 0.3) is 0 Å². The number of nitrogens with zero attached hydrogens (tertiary/aromatic N) is 1. The summed E-state index contributed by atoms with van der Waals surface area (Å²) in [6.45, 7) is 3.01. The molecule has 1 amide bonds. The zero-order chi connectivity index (χ0) is 14.5. The van der Waals surface area contributed by atoms with E-state index in [4.69, 9.17) is 18.0 Å². The monoisotopic (exact) mass is 290 g/mol. The Morgan fingerprint density at radius 3 is 2.85 bits per heavy atom. The molecule has 108 valence electrons. The van der Waals surface area contributed by atoms with Gasteiger partial charge in [0.05, 0.1) is 4.99 Å². The van der Waals surface area contributed by atoms with Crippen molar-refractivity contribution in [2.75, 3.05) is 6.54 Å². The minimum absolute atomic E-state index is 0.128. The largest absolute Gasteiger partial charge is 0.393 e. The molecule has 1 aromatic carbocycles. The number of rotatable bonds is 4. The van der Waals surface area contributed by atoms with Gasteiger partial charge >= 0.3 is 0 Å². The van der Waals surface area contributed by atoms with Gasteiger partial charge in [-0.25, -0.2) is 0 Å². The fraction of sp³-hybridized carbons (Fsp3) is 0.500. The van der Waals surface area contributed by atoms with E-state index in [9.17, 15) is 4.79 Å². The molecule has 0 spiro atoms. The predicted octanol–water partition coefficient (Wildman–Crippen LogP) is 2.92. The minimum atomic E-state index is 0.128. The molecule has 0 saturated carbocycles. The minimum Gasteiger partial charge on any atom is -0.393 e. The first kappa shape index (κ1) is 15.0. The van der Waals surface area contributed by atoms with Crippen molar-refractivity contribution in [3.63, 3.8) is 0 Å². The number of hydrogen-bond acceptors (Lipinski definition) is 2. The quantitative estimate of drug-likeness (QED) is 0.867. The SMILES string of the molecule is CCC1CCCCN1C(=O)c1ccccc1CC(N)=S. The molecule has 4 heteroatoms. The van der Waals surface area contributed by atoms with E-state index in [2.05, 4.69) is 6.92 Å². The Kier molecular flexibility index (Phi) is 5.12. The van der Waals surface area contributed by atoms with E-state index in [1.807, 2.05) is 29.2 Å². The summed E-state index contributed by atoms with van der Waals surface area (Å²) in [6.07, 6.45) is 4.93. The van der Waals surface area contributed by atoms with Crippen molar-refractivity contribution in [3.8, 4) is 0 Å². The Hall–Kier alpha value is -1.42. The van der Waals surface area contributed by atoms with Crippen molar-refractivity contribution in [1.29, 1.82) is 0 Å². The number of likely N-dealkylation sites (tertiary alicyclic amines) is 1. The molecule has 2 rings (SSSR count). The third kappa shape index (κ3) is 3.37. The van der Waals surface area contributed by atoms with Crippen LogP contribution in [0.1, 0.15) is 48.5 Å². The third-order valence-corrected chi connectivity index (χ3v) is 4.12. The molecule has 1 saturated heterocycles. The van der Waals surface area contributed by atoms with Crippen molar-refractivity contribution >= 4 is 23.1 Å². The number of nitrogens with two attached hydrogens (primary N) is 1. The number of piperidine rings is 1. The molecule has 1 heterocycles. The molecule has 1 unspecified atom stereocenters. The molecule has 0 aromatic heterocycles. The highest BCUT2D eigenvalue weighted by molar-refractivity contribution is 7.80. The van der Waals surface area contributed by atoms with Crippen molar-refractivity contribution < 1.29 is 4.79 Å². The van der Waals surface area contributed by atoms with E-state index < -0.39 is 0 Å². The fourth-order valence-electron chi connectivity index (χ4n) is 2.92. The average Bonchev–Trinajstić information content (AvgIpc) is 2.46. The van der Waals surface area contributed by atoms with Crippen molar-refractivity contribution in [2.24, 2.45) is 5.73 Å². The zero-order valence-corrected chi connectivity index (χ0v) is 12.8. The van der Waals surface area contributed by atoms with Crippen molar-refractivity contribution in [1.82, 2.24) is 4.90 Å². The first-order chi connectivity index (χ1) is 9.63. The fourth-order valence-corrected chi connectivity index (χ4v) is 3.07. The summed E-state index contributed by atoms with van der Waals surface area (Å²) in [5.41, 5.74) is 7.32. The number of hydrogen-bond donors (Lipinski definition) is 1. The van der Waals surface area contributed by atoms with Crippen LogP contribution in [0, 0.1) is 0 Å². The van der Waals surface area contributed by atoms with E-state index in [0.717, 1.165) is 36.9 Å². The summed E-state index contributed by atoms with van der Waals surface area (Å²) in [5.74, 6) is 0.128. The van der Waals surface area contributed by atoms with E-state index in [0.29, 0.717) is 17.5 Å². The first-order valence-electron chi connectivity index (χ1n) is 7.30. The summed E-state index contributed by atoms with van der Waals surface area (Å²) < 4.78 is 0. The maximum atomic E-state index is 12.8. The van der Waals surface area contributed by atoms with Gasteiger partial charge in [-0.3, -0.25) is 4.79 Å². The van der Waals surface area contributed by atoms with Crippen molar-refractivity contribution in [3.05, 3.63) is 35.4 Å². The molecule has 1 aliphatic heterocycles. The summed E-state index contributed by atoms with van der Waals surface area (Å²) in [7, 11) is 0. The van der Waals surface area contributed by atoms with Gasteiger partial charge in [0.1, 0.15) is 0 Å². The van der Waals surface area contributed by atoms with E-state index in [-0.39, 0.29) is 5.91 Å². The Morgan fingerprint density at radius 1 is 1.40 bits per heavy atom. The number of carbonyl (C=O) groups excluding carboxylic acids is 1. The van der Waals surface area contributed by atoms with Gasteiger partial charge in [-0.05, 0) is 37.3 Å². The van der Waals surface area contributed by atoms with Crippen LogP contribution >= 0.6 is 12.2 Å². The average molecular weight is 290 g/mol. The molecule has 3 nitrogen and oxygen atoms in total. The maximum absolute atomic E-state index is 12.8. The van der Waals surface area contributed by atoms with Gasteiger partial charge in [-0.1, -0.05) is 37.3 Å². The Bertz CT molecular complexity index is 501. The van der Waals surface area contributed by atoms with Crippen LogP contribution in [0.2, 0.25) is 0 Å². The number of benzene rings is 1. The van der Waals surface area contributed by atoms with Gasteiger partial charge < -0.3 is 10.6 Å². The highest BCUT2D eigenvalue weighted by Gasteiger charge is 2.27. The first-order valence-corrected chi connectivity index (χ1v) is 7.71.